The topological polar surface area (TPSA) is 86.3 Å². The first-order chi connectivity index (χ1) is 8.37. The van der Waals surface area contributed by atoms with E-state index < -0.39 is 10.0 Å². The molecule has 1 saturated heterocycles. The van der Waals surface area contributed by atoms with Crippen molar-refractivity contribution >= 4 is 10.0 Å². The van der Waals surface area contributed by atoms with E-state index in [-0.39, 0.29) is 17.2 Å². The number of aromatic nitrogens is 2. The molecule has 0 amide bonds. The number of H-pyrrole nitrogens is 1. The molecule has 1 fully saturated rings. The van der Waals surface area contributed by atoms with E-state index in [1.807, 2.05) is 0 Å². The summed E-state index contributed by atoms with van der Waals surface area (Å²) < 4.78 is 26.6. The lowest BCUT2D eigenvalue weighted by molar-refractivity contribution is 0.273. The van der Waals surface area contributed by atoms with Gasteiger partial charge in [0.25, 0.3) is 0 Å². The molecular weight excluding hydrogens is 254 g/mol. The number of nitrogens with one attached hydrogen (secondary N) is 1. The SMILES string of the molecule is Cc1[nH]nc(CO)c1S(=O)(=O)N1CC(C)C(C)C1. The van der Waals surface area contributed by atoms with Gasteiger partial charge in [-0.2, -0.15) is 9.40 Å². The number of aromatic amines is 1. The molecule has 7 heteroatoms. The van der Waals surface area contributed by atoms with Crippen molar-refractivity contribution in [1.29, 1.82) is 0 Å². The van der Waals surface area contributed by atoms with E-state index >= 15 is 0 Å². The standard InChI is InChI=1S/C11H19N3O3S/c1-7-4-14(5-8(7)2)18(16,17)11-9(3)12-13-10(11)6-15/h7-8,15H,4-6H2,1-3H3,(H,12,13). The summed E-state index contributed by atoms with van der Waals surface area (Å²) in [5, 5.41) is 15.6. The molecular formula is C11H19N3O3S. The maximum atomic E-state index is 12.5. The van der Waals surface area contributed by atoms with Crippen LogP contribution in [0.4, 0.5) is 0 Å². The summed E-state index contributed by atoms with van der Waals surface area (Å²) in [6, 6.07) is 0. The van der Waals surface area contributed by atoms with E-state index in [1.54, 1.807) is 6.92 Å². The summed E-state index contributed by atoms with van der Waals surface area (Å²) in [6.45, 7) is 6.43. The third-order valence-corrected chi connectivity index (χ3v) is 5.70. The number of nitrogens with zero attached hydrogens (tertiary/aromatic N) is 2. The Labute approximate surface area is 107 Å². The Morgan fingerprint density at radius 2 is 1.94 bits per heavy atom. The highest BCUT2D eigenvalue weighted by Crippen LogP contribution is 2.30. The van der Waals surface area contributed by atoms with Crippen LogP contribution in [0.15, 0.2) is 4.90 Å². The quantitative estimate of drug-likeness (QED) is 0.839. The molecule has 102 valence electrons. The number of sulfonamides is 1. The number of aryl methyl sites for hydroxylation is 1. The van der Waals surface area contributed by atoms with Crippen LogP contribution in [0.5, 0.6) is 0 Å². The van der Waals surface area contributed by atoms with Crippen molar-refractivity contribution in [2.45, 2.75) is 32.3 Å². The number of hydrogen-bond donors (Lipinski definition) is 2. The molecule has 1 aliphatic heterocycles. The minimum absolute atomic E-state index is 0.131. The van der Waals surface area contributed by atoms with Gasteiger partial charge in [0.1, 0.15) is 10.6 Å². The highest BCUT2D eigenvalue weighted by atomic mass is 32.2. The summed E-state index contributed by atoms with van der Waals surface area (Å²) in [5.41, 5.74) is 0.672. The van der Waals surface area contributed by atoms with Crippen LogP contribution in [0.25, 0.3) is 0 Å². The van der Waals surface area contributed by atoms with Crippen molar-refractivity contribution in [2.24, 2.45) is 11.8 Å². The van der Waals surface area contributed by atoms with Crippen molar-refractivity contribution in [2.75, 3.05) is 13.1 Å². The molecule has 0 aliphatic carbocycles. The third-order valence-electron chi connectivity index (χ3n) is 3.66. The minimum Gasteiger partial charge on any atom is -0.390 e. The molecule has 1 aliphatic rings. The molecule has 2 rings (SSSR count). The molecule has 0 aromatic carbocycles. The van der Waals surface area contributed by atoms with Gasteiger partial charge in [-0.1, -0.05) is 13.8 Å². The van der Waals surface area contributed by atoms with E-state index in [2.05, 4.69) is 24.0 Å². The number of rotatable bonds is 3. The summed E-state index contributed by atoms with van der Waals surface area (Å²) in [7, 11) is -3.56. The van der Waals surface area contributed by atoms with Crippen LogP contribution in [0, 0.1) is 18.8 Å². The van der Waals surface area contributed by atoms with E-state index in [0.29, 0.717) is 30.6 Å². The second kappa shape index (κ2) is 4.64. The molecule has 0 radical (unpaired) electrons. The van der Waals surface area contributed by atoms with Crippen LogP contribution >= 0.6 is 0 Å². The van der Waals surface area contributed by atoms with Crippen LogP contribution in [0.1, 0.15) is 25.2 Å². The van der Waals surface area contributed by atoms with Gasteiger partial charge in [0.05, 0.1) is 12.3 Å². The Bertz CT molecular complexity index is 528. The predicted molar refractivity (Wildman–Crippen MR) is 66.3 cm³/mol. The second-order valence-corrected chi connectivity index (χ2v) is 6.93. The normalized spacial score (nSPS) is 25.8. The first-order valence-electron chi connectivity index (χ1n) is 6.02. The van der Waals surface area contributed by atoms with Gasteiger partial charge in [0.2, 0.25) is 10.0 Å². The summed E-state index contributed by atoms with van der Waals surface area (Å²) in [5.74, 6) is 0.703. The van der Waals surface area contributed by atoms with Gasteiger partial charge in [-0.25, -0.2) is 8.42 Å². The summed E-state index contributed by atoms with van der Waals surface area (Å²) in [6.07, 6.45) is 0. The van der Waals surface area contributed by atoms with Gasteiger partial charge in [0, 0.05) is 13.1 Å². The molecule has 2 unspecified atom stereocenters. The average Bonchev–Trinajstić information content (AvgIpc) is 2.84. The molecule has 2 heterocycles. The van der Waals surface area contributed by atoms with Gasteiger partial charge in [-0.15, -0.1) is 0 Å². The fourth-order valence-corrected chi connectivity index (χ4v) is 4.28. The van der Waals surface area contributed by atoms with Gasteiger partial charge >= 0.3 is 0 Å². The molecule has 1 aromatic heterocycles. The van der Waals surface area contributed by atoms with Crippen LogP contribution < -0.4 is 0 Å². The number of hydrogen-bond acceptors (Lipinski definition) is 4. The maximum Gasteiger partial charge on any atom is 0.246 e. The Morgan fingerprint density at radius 1 is 1.39 bits per heavy atom. The van der Waals surface area contributed by atoms with Crippen molar-refractivity contribution < 1.29 is 13.5 Å². The molecule has 2 atom stereocenters. The molecule has 1 aromatic rings. The van der Waals surface area contributed by atoms with E-state index in [1.165, 1.54) is 4.31 Å². The van der Waals surface area contributed by atoms with Crippen LogP contribution in [0.3, 0.4) is 0 Å². The molecule has 0 saturated carbocycles. The van der Waals surface area contributed by atoms with Crippen LogP contribution in [-0.2, 0) is 16.6 Å². The van der Waals surface area contributed by atoms with Crippen molar-refractivity contribution in [3.05, 3.63) is 11.4 Å². The number of aliphatic hydroxyl groups excluding tert-OH is 1. The van der Waals surface area contributed by atoms with Crippen molar-refractivity contribution in [1.82, 2.24) is 14.5 Å². The van der Waals surface area contributed by atoms with E-state index in [4.69, 9.17) is 0 Å². The highest BCUT2D eigenvalue weighted by molar-refractivity contribution is 7.89. The number of aliphatic hydroxyl groups is 1. The van der Waals surface area contributed by atoms with E-state index in [9.17, 15) is 13.5 Å². The van der Waals surface area contributed by atoms with Gasteiger partial charge < -0.3 is 5.11 Å². The minimum atomic E-state index is -3.56. The molecule has 6 nitrogen and oxygen atoms in total. The summed E-state index contributed by atoms with van der Waals surface area (Å²) in [4.78, 5) is 0.131. The Kier molecular flexibility index (Phi) is 3.48. The van der Waals surface area contributed by atoms with Gasteiger partial charge in [-0.05, 0) is 18.8 Å². The predicted octanol–water partition coefficient (Wildman–Crippen LogP) is 0.487. The fourth-order valence-electron chi connectivity index (χ4n) is 2.32. The average molecular weight is 273 g/mol. The van der Waals surface area contributed by atoms with Crippen molar-refractivity contribution in [3.8, 4) is 0 Å². The van der Waals surface area contributed by atoms with Gasteiger partial charge in [-0.3, -0.25) is 5.10 Å². The molecule has 18 heavy (non-hydrogen) atoms. The van der Waals surface area contributed by atoms with Crippen LogP contribution in [-0.4, -0.2) is 41.1 Å². The van der Waals surface area contributed by atoms with Gasteiger partial charge in [0.15, 0.2) is 0 Å². The van der Waals surface area contributed by atoms with Crippen molar-refractivity contribution in [3.63, 3.8) is 0 Å². The van der Waals surface area contributed by atoms with Crippen LogP contribution in [0.2, 0.25) is 0 Å². The second-order valence-electron chi connectivity index (χ2n) is 5.06. The zero-order chi connectivity index (χ0) is 13.5. The largest absolute Gasteiger partial charge is 0.390 e. The smallest absolute Gasteiger partial charge is 0.246 e. The highest BCUT2D eigenvalue weighted by Gasteiger charge is 2.37. The molecule has 2 N–H and O–H groups in total. The third kappa shape index (κ3) is 2.06. The lowest BCUT2D eigenvalue weighted by Crippen LogP contribution is -2.30. The Balaban J connectivity index is 2.40. The monoisotopic (exact) mass is 273 g/mol. The lowest BCUT2D eigenvalue weighted by Gasteiger charge is -2.16. The molecule has 0 bridgehead atoms. The zero-order valence-electron chi connectivity index (χ0n) is 10.8. The first-order valence-corrected chi connectivity index (χ1v) is 7.46. The fraction of sp³-hybridized carbons (Fsp3) is 0.727. The van der Waals surface area contributed by atoms with E-state index in [0.717, 1.165) is 0 Å². The zero-order valence-corrected chi connectivity index (χ0v) is 11.7. The lowest BCUT2D eigenvalue weighted by atomic mass is 10.0. The first kappa shape index (κ1) is 13.5. The Morgan fingerprint density at radius 3 is 2.44 bits per heavy atom. The molecule has 0 spiro atoms. The Hall–Kier alpha value is -0.920. The maximum absolute atomic E-state index is 12.5. The summed E-state index contributed by atoms with van der Waals surface area (Å²) >= 11 is 0.